The topological polar surface area (TPSA) is 77.1 Å². The van der Waals surface area contributed by atoms with Gasteiger partial charge in [-0.3, -0.25) is 9.69 Å². The molecule has 3 unspecified atom stereocenters. The number of nitrogens with one attached hydrogen (secondary N) is 1. The Balaban J connectivity index is 1.65. The summed E-state index contributed by atoms with van der Waals surface area (Å²) in [7, 11) is 1.53. The van der Waals surface area contributed by atoms with Crippen LogP contribution in [0.1, 0.15) is 38.1 Å². The molecule has 0 radical (unpaired) electrons. The van der Waals surface area contributed by atoms with Gasteiger partial charge in [-0.2, -0.15) is 0 Å². The third-order valence-corrected chi connectivity index (χ3v) is 5.40. The standard InChI is InChI=1S/C25H32N2O5/c1-16(2)23(27-14-17(3)31-18(4)15-27)25(29)32-20-12-10-19(11-13-20)26-24(28)21-8-6-7-9-22(21)30-5/h6-13,16-18,23H,14-15H2,1-5H3,(H,26,28). The molecule has 2 aromatic rings. The predicted octanol–water partition coefficient (Wildman–Crippen LogP) is 3.99. The second-order valence-corrected chi connectivity index (χ2v) is 8.50. The molecule has 2 aromatic carbocycles. The van der Waals surface area contributed by atoms with E-state index in [4.69, 9.17) is 14.2 Å². The van der Waals surface area contributed by atoms with Gasteiger partial charge in [-0.15, -0.1) is 0 Å². The zero-order valence-corrected chi connectivity index (χ0v) is 19.3. The summed E-state index contributed by atoms with van der Waals surface area (Å²) in [6.07, 6.45) is 0.137. The Labute approximate surface area is 189 Å². The van der Waals surface area contributed by atoms with Crippen LogP contribution in [0, 0.1) is 5.92 Å². The van der Waals surface area contributed by atoms with Crippen LogP contribution in [0.4, 0.5) is 5.69 Å². The normalized spacial score (nSPS) is 19.9. The van der Waals surface area contributed by atoms with Gasteiger partial charge in [0.05, 0.1) is 24.9 Å². The van der Waals surface area contributed by atoms with Gasteiger partial charge in [0.2, 0.25) is 0 Å². The molecule has 7 heteroatoms. The number of hydrogen-bond acceptors (Lipinski definition) is 6. The lowest BCUT2D eigenvalue weighted by Crippen LogP contribution is -2.55. The Bertz CT molecular complexity index is 918. The van der Waals surface area contributed by atoms with Crippen LogP contribution in [0.2, 0.25) is 0 Å². The van der Waals surface area contributed by atoms with E-state index in [1.165, 1.54) is 7.11 Å². The molecule has 1 saturated heterocycles. The highest BCUT2D eigenvalue weighted by atomic mass is 16.5. The van der Waals surface area contributed by atoms with Crippen molar-refractivity contribution in [1.82, 2.24) is 4.90 Å². The Morgan fingerprint density at radius 2 is 1.66 bits per heavy atom. The van der Waals surface area contributed by atoms with Gasteiger partial charge in [-0.25, -0.2) is 4.79 Å². The molecule has 1 heterocycles. The molecule has 1 amide bonds. The minimum atomic E-state index is -0.353. The van der Waals surface area contributed by atoms with Crippen LogP contribution in [-0.4, -0.2) is 55.2 Å². The van der Waals surface area contributed by atoms with Gasteiger partial charge in [0.1, 0.15) is 17.5 Å². The van der Waals surface area contributed by atoms with Crippen LogP contribution < -0.4 is 14.8 Å². The first-order chi connectivity index (χ1) is 15.3. The van der Waals surface area contributed by atoms with E-state index in [-0.39, 0.29) is 36.0 Å². The largest absolute Gasteiger partial charge is 0.496 e. The predicted molar refractivity (Wildman–Crippen MR) is 123 cm³/mol. The van der Waals surface area contributed by atoms with Crippen LogP contribution in [0.5, 0.6) is 11.5 Å². The molecule has 1 aliphatic rings. The van der Waals surface area contributed by atoms with Crippen LogP contribution in [0.3, 0.4) is 0 Å². The maximum absolute atomic E-state index is 13.0. The zero-order chi connectivity index (χ0) is 23.3. The van der Waals surface area contributed by atoms with Crippen molar-refractivity contribution in [3.05, 3.63) is 54.1 Å². The summed E-state index contributed by atoms with van der Waals surface area (Å²) in [4.78, 5) is 27.7. The van der Waals surface area contributed by atoms with Gasteiger partial charge in [-0.1, -0.05) is 26.0 Å². The fourth-order valence-electron chi connectivity index (χ4n) is 4.10. The molecule has 0 spiro atoms. The van der Waals surface area contributed by atoms with Crippen molar-refractivity contribution in [3.8, 4) is 11.5 Å². The lowest BCUT2D eigenvalue weighted by molar-refractivity contribution is -0.148. The highest BCUT2D eigenvalue weighted by molar-refractivity contribution is 6.06. The van der Waals surface area contributed by atoms with E-state index >= 15 is 0 Å². The second-order valence-electron chi connectivity index (χ2n) is 8.50. The molecule has 0 saturated carbocycles. The van der Waals surface area contributed by atoms with Crippen molar-refractivity contribution < 1.29 is 23.8 Å². The molecule has 0 aromatic heterocycles. The van der Waals surface area contributed by atoms with Crippen LogP contribution in [0.15, 0.2) is 48.5 Å². The molecule has 0 bridgehead atoms. The number of carbonyl (C=O) groups excluding carboxylic acids is 2. The van der Waals surface area contributed by atoms with Crippen molar-refractivity contribution in [3.63, 3.8) is 0 Å². The first-order valence-corrected chi connectivity index (χ1v) is 10.9. The van der Waals surface area contributed by atoms with Crippen molar-refractivity contribution in [2.75, 3.05) is 25.5 Å². The number of rotatable bonds is 7. The van der Waals surface area contributed by atoms with Gasteiger partial charge in [0.15, 0.2) is 0 Å². The number of benzene rings is 2. The van der Waals surface area contributed by atoms with E-state index in [0.29, 0.717) is 35.8 Å². The number of amides is 1. The first kappa shape index (κ1) is 23.8. The maximum atomic E-state index is 13.0. The van der Waals surface area contributed by atoms with Crippen LogP contribution in [0.25, 0.3) is 0 Å². The van der Waals surface area contributed by atoms with E-state index in [9.17, 15) is 9.59 Å². The molecule has 32 heavy (non-hydrogen) atoms. The molecule has 3 atom stereocenters. The molecular weight excluding hydrogens is 408 g/mol. The molecule has 1 N–H and O–H groups in total. The Hall–Kier alpha value is -2.90. The van der Waals surface area contributed by atoms with Crippen molar-refractivity contribution in [1.29, 1.82) is 0 Å². The van der Waals surface area contributed by atoms with E-state index in [1.54, 1.807) is 48.5 Å². The third-order valence-electron chi connectivity index (χ3n) is 5.40. The monoisotopic (exact) mass is 440 g/mol. The number of esters is 1. The number of nitrogens with zero attached hydrogens (tertiary/aromatic N) is 1. The number of hydrogen-bond donors (Lipinski definition) is 1. The lowest BCUT2D eigenvalue weighted by atomic mass is 10.0. The smallest absolute Gasteiger partial charge is 0.329 e. The highest BCUT2D eigenvalue weighted by Crippen LogP contribution is 2.23. The number of para-hydroxylation sites is 1. The summed E-state index contributed by atoms with van der Waals surface area (Å²) in [5.74, 6) is 0.474. The minimum Gasteiger partial charge on any atom is -0.496 e. The molecule has 1 aliphatic heterocycles. The van der Waals surface area contributed by atoms with Crippen LogP contribution >= 0.6 is 0 Å². The Morgan fingerprint density at radius 1 is 1.03 bits per heavy atom. The number of anilines is 1. The maximum Gasteiger partial charge on any atom is 0.329 e. The quantitative estimate of drug-likeness (QED) is 0.518. The fourth-order valence-corrected chi connectivity index (χ4v) is 4.10. The van der Waals surface area contributed by atoms with E-state index in [2.05, 4.69) is 10.2 Å². The minimum absolute atomic E-state index is 0.0685. The summed E-state index contributed by atoms with van der Waals surface area (Å²) >= 11 is 0. The SMILES string of the molecule is COc1ccccc1C(=O)Nc1ccc(OC(=O)C(C(C)C)N2CC(C)OC(C)C2)cc1. The average molecular weight is 441 g/mol. The number of methoxy groups -OCH3 is 1. The van der Waals surface area contributed by atoms with E-state index < -0.39 is 0 Å². The summed E-state index contributed by atoms with van der Waals surface area (Å²) in [5.41, 5.74) is 1.04. The van der Waals surface area contributed by atoms with Crippen molar-refractivity contribution >= 4 is 17.6 Å². The molecule has 1 fully saturated rings. The number of carbonyl (C=O) groups is 2. The van der Waals surface area contributed by atoms with Crippen LogP contribution in [-0.2, 0) is 9.53 Å². The lowest BCUT2D eigenvalue weighted by Gasteiger charge is -2.40. The molecule has 0 aliphatic carbocycles. The van der Waals surface area contributed by atoms with Crippen molar-refractivity contribution in [2.45, 2.75) is 45.9 Å². The van der Waals surface area contributed by atoms with E-state index in [1.807, 2.05) is 27.7 Å². The third kappa shape index (κ3) is 5.87. The summed E-state index contributed by atoms with van der Waals surface area (Å²) in [6, 6.07) is 13.4. The highest BCUT2D eigenvalue weighted by Gasteiger charge is 2.35. The Kier molecular flexibility index (Phi) is 7.88. The number of morpholine rings is 1. The fraction of sp³-hybridized carbons (Fsp3) is 0.440. The molecular formula is C25H32N2O5. The summed E-state index contributed by atoms with van der Waals surface area (Å²) in [6.45, 7) is 9.46. The Morgan fingerprint density at radius 3 is 2.25 bits per heavy atom. The van der Waals surface area contributed by atoms with Gasteiger partial charge in [-0.05, 0) is 56.2 Å². The van der Waals surface area contributed by atoms with Gasteiger partial charge >= 0.3 is 5.97 Å². The second kappa shape index (κ2) is 10.6. The van der Waals surface area contributed by atoms with Gasteiger partial charge in [0, 0.05) is 18.8 Å². The summed E-state index contributed by atoms with van der Waals surface area (Å²) < 4.78 is 16.7. The number of ether oxygens (including phenoxy) is 3. The summed E-state index contributed by atoms with van der Waals surface area (Å²) in [5, 5.41) is 2.83. The average Bonchev–Trinajstić information content (AvgIpc) is 2.74. The van der Waals surface area contributed by atoms with Crippen molar-refractivity contribution in [2.24, 2.45) is 5.92 Å². The zero-order valence-electron chi connectivity index (χ0n) is 19.3. The van der Waals surface area contributed by atoms with Gasteiger partial charge < -0.3 is 19.5 Å². The first-order valence-electron chi connectivity index (χ1n) is 10.9. The van der Waals surface area contributed by atoms with E-state index in [0.717, 1.165) is 0 Å². The van der Waals surface area contributed by atoms with Gasteiger partial charge in [0.25, 0.3) is 5.91 Å². The molecule has 7 nitrogen and oxygen atoms in total. The molecule has 172 valence electrons. The molecule has 3 rings (SSSR count).